The van der Waals surface area contributed by atoms with Crippen molar-refractivity contribution in [2.45, 2.75) is 6.92 Å². The lowest BCUT2D eigenvalue weighted by Crippen LogP contribution is -1.80. The van der Waals surface area contributed by atoms with Gasteiger partial charge < -0.3 is 5.41 Å². The fourth-order valence-electron chi connectivity index (χ4n) is 0.699. The van der Waals surface area contributed by atoms with Crippen molar-refractivity contribution in [2.24, 2.45) is 0 Å². The highest BCUT2D eigenvalue weighted by Gasteiger charge is 1.93. The van der Waals surface area contributed by atoms with E-state index in [2.05, 4.69) is 0 Å². The fourth-order valence-corrected chi connectivity index (χ4v) is 0.888. The Hall–Kier alpha value is -0.820. The Kier molecular flexibility index (Phi) is 2.07. The zero-order chi connectivity index (χ0) is 7.56. The smallest absolute Gasteiger partial charge is 0.0441 e. The van der Waals surface area contributed by atoms with E-state index in [1.165, 1.54) is 6.21 Å². The van der Waals surface area contributed by atoms with Gasteiger partial charge >= 0.3 is 0 Å². The van der Waals surface area contributed by atoms with Crippen molar-refractivity contribution < 1.29 is 0 Å². The van der Waals surface area contributed by atoms with E-state index in [0.29, 0.717) is 0 Å². The van der Waals surface area contributed by atoms with Crippen LogP contribution in [0.25, 0.3) is 0 Å². The molecule has 0 saturated heterocycles. The summed E-state index contributed by atoms with van der Waals surface area (Å²) in [7, 11) is 0. The monoisotopic (exact) mass is 153 g/mol. The number of halogens is 1. The van der Waals surface area contributed by atoms with Gasteiger partial charge in [0.05, 0.1) is 0 Å². The topological polar surface area (TPSA) is 23.9 Å². The lowest BCUT2D eigenvalue weighted by atomic mass is 10.2. The Morgan fingerprint density at radius 1 is 1.50 bits per heavy atom. The van der Waals surface area contributed by atoms with Crippen molar-refractivity contribution in [3.63, 3.8) is 0 Å². The van der Waals surface area contributed by atoms with Crippen molar-refractivity contribution >= 4 is 17.8 Å². The van der Waals surface area contributed by atoms with Crippen LogP contribution in [0.15, 0.2) is 18.2 Å². The predicted octanol–water partition coefficient (Wildman–Crippen LogP) is 2.65. The number of hydrogen-bond donors (Lipinski definition) is 1. The Labute approximate surface area is 65.1 Å². The molecular formula is C8H8ClN. The molecule has 0 aliphatic carbocycles. The predicted molar refractivity (Wildman–Crippen MR) is 44.1 cm³/mol. The average molecular weight is 154 g/mol. The maximum Gasteiger partial charge on any atom is 0.0441 e. The van der Waals surface area contributed by atoms with Crippen LogP contribution in [0.3, 0.4) is 0 Å². The molecule has 1 nitrogen and oxygen atoms in total. The molecule has 0 aromatic heterocycles. The summed E-state index contributed by atoms with van der Waals surface area (Å²) in [6.45, 7) is 1.94. The summed E-state index contributed by atoms with van der Waals surface area (Å²) < 4.78 is 0. The number of benzene rings is 1. The second-order valence-corrected chi connectivity index (χ2v) is 2.56. The van der Waals surface area contributed by atoms with E-state index in [1.807, 2.05) is 19.1 Å². The Morgan fingerprint density at radius 2 is 2.20 bits per heavy atom. The SMILES string of the molecule is Cc1ccc(C=N)cc1Cl. The van der Waals surface area contributed by atoms with Crippen LogP contribution in [0.5, 0.6) is 0 Å². The molecule has 1 rings (SSSR count). The van der Waals surface area contributed by atoms with Gasteiger partial charge in [0.25, 0.3) is 0 Å². The number of rotatable bonds is 1. The van der Waals surface area contributed by atoms with Crippen LogP contribution < -0.4 is 0 Å². The molecule has 10 heavy (non-hydrogen) atoms. The van der Waals surface area contributed by atoms with E-state index in [9.17, 15) is 0 Å². The van der Waals surface area contributed by atoms with Gasteiger partial charge in [0.1, 0.15) is 0 Å². The first-order valence-corrected chi connectivity index (χ1v) is 3.38. The summed E-state index contributed by atoms with van der Waals surface area (Å²) in [4.78, 5) is 0. The second-order valence-electron chi connectivity index (χ2n) is 2.15. The fraction of sp³-hybridized carbons (Fsp3) is 0.125. The third kappa shape index (κ3) is 1.36. The lowest BCUT2D eigenvalue weighted by molar-refractivity contribution is 1.45. The molecule has 0 aliphatic heterocycles. The zero-order valence-corrected chi connectivity index (χ0v) is 6.44. The molecule has 1 N–H and O–H groups in total. The van der Waals surface area contributed by atoms with E-state index in [4.69, 9.17) is 17.0 Å². The van der Waals surface area contributed by atoms with Gasteiger partial charge in [-0.05, 0) is 24.1 Å². The van der Waals surface area contributed by atoms with Crippen molar-refractivity contribution in [3.05, 3.63) is 34.3 Å². The molecule has 2 heteroatoms. The lowest BCUT2D eigenvalue weighted by Gasteiger charge is -1.96. The number of aryl methyl sites for hydroxylation is 1. The van der Waals surface area contributed by atoms with E-state index in [-0.39, 0.29) is 0 Å². The summed E-state index contributed by atoms with van der Waals surface area (Å²) in [5.74, 6) is 0. The molecule has 0 unspecified atom stereocenters. The van der Waals surface area contributed by atoms with Gasteiger partial charge in [-0.25, -0.2) is 0 Å². The minimum absolute atomic E-state index is 0.723. The van der Waals surface area contributed by atoms with Gasteiger partial charge in [-0.3, -0.25) is 0 Å². The van der Waals surface area contributed by atoms with Crippen molar-refractivity contribution in [1.29, 1.82) is 5.41 Å². The standard InChI is InChI=1S/C8H8ClN/c1-6-2-3-7(5-10)4-8(6)9/h2-5,10H,1H3. The van der Waals surface area contributed by atoms with Crippen LogP contribution in [0.4, 0.5) is 0 Å². The molecule has 0 atom stereocenters. The van der Waals surface area contributed by atoms with Gasteiger partial charge in [-0.2, -0.15) is 0 Å². The molecule has 0 aliphatic rings. The third-order valence-electron chi connectivity index (χ3n) is 1.36. The normalized spacial score (nSPS) is 9.40. The average Bonchev–Trinajstić information content (AvgIpc) is 1.95. The van der Waals surface area contributed by atoms with Gasteiger partial charge in [-0.1, -0.05) is 23.7 Å². The van der Waals surface area contributed by atoms with Crippen LogP contribution in [0.2, 0.25) is 5.02 Å². The van der Waals surface area contributed by atoms with Gasteiger partial charge in [0.15, 0.2) is 0 Å². The number of nitrogens with one attached hydrogen (secondary N) is 1. The maximum atomic E-state index is 6.93. The minimum Gasteiger partial charge on any atom is -0.308 e. The summed E-state index contributed by atoms with van der Waals surface area (Å²) in [5.41, 5.74) is 1.89. The molecule has 52 valence electrons. The molecule has 0 bridgehead atoms. The summed E-state index contributed by atoms with van der Waals surface area (Å²) in [6, 6.07) is 5.56. The highest BCUT2D eigenvalue weighted by molar-refractivity contribution is 6.31. The minimum atomic E-state index is 0.723. The van der Waals surface area contributed by atoms with Crippen molar-refractivity contribution in [2.75, 3.05) is 0 Å². The molecule has 0 saturated carbocycles. The van der Waals surface area contributed by atoms with Crippen molar-refractivity contribution in [3.8, 4) is 0 Å². The molecule has 0 fully saturated rings. The number of hydrogen-bond acceptors (Lipinski definition) is 1. The Morgan fingerprint density at radius 3 is 2.70 bits per heavy atom. The second kappa shape index (κ2) is 2.84. The van der Waals surface area contributed by atoms with Gasteiger partial charge in [0, 0.05) is 11.2 Å². The van der Waals surface area contributed by atoms with Crippen LogP contribution >= 0.6 is 11.6 Å². The first-order valence-electron chi connectivity index (χ1n) is 3.00. The van der Waals surface area contributed by atoms with Crippen LogP contribution in [-0.2, 0) is 0 Å². The van der Waals surface area contributed by atoms with Gasteiger partial charge in [0.2, 0.25) is 0 Å². The van der Waals surface area contributed by atoms with Crippen molar-refractivity contribution in [1.82, 2.24) is 0 Å². The summed E-state index contributed by atoms with van der Waals surface area (Å²) in [5, 5.41) is 7.65. The van der Waals surface area contributed by atoms with Crippen LogP contribution in [-0.4, -0.2) is 6.21 Å². The summed E-state index contributed by atoms with van der Waals surface area (Å²) >= 11 is 5.79. The highest BCUT2D eigenvalue weighted by Crippen LogP contribution is 2.15. The summed E-state index contributed by atoms with van der Waals surface area (Å²) in [6.07, 6.45) is 1.28. The molecule has 0 radical (unpaired) electrons. The molecule has 0 heterocycles. The van der Waals surface area contributed by atoms with E-state index >= 15 is 0 Å². The molecule has 1 aromatic rings. The van der Waals surface area contributed by atoms with E-state index in [1.54, 1.807) is 6.07 Å². The highest BCUT2D eigenvalue weighted by atomic mass is 35.5. The van der Waals surface area contributed by atoms with E-state index < -0.39 is 0 Å². The molecule has 1 aromatic carbocycles. The molecular weight excluding hydrogens is 146 g/mol. The maximum absolute atomic E-state index is 6.93. The Bertz CT molecular complexity index is 255. The quantitative estimate of drug-likeness (QED) is 0.600. The first-order chi connectivity index (χ1) is 4.74. The van der Waals surface area contributed by atoms with Gasteiger partial charge in [-0.15, -0.1) is 0 Å². The van der Waals surface area contributed by atoms with Crippen LogP contribution in [0.1, 0.15) is 11.1 Å². The zero-order valence-electron chi connectivity index (χ0n) is 5.69. The largest absolute Gasteiger partial charge is 0.308 e. The van der Waals surface area contributed by atoms with E-state index in [0.717, 1.165) is 16.1 Å². The molecule has 0 spiro atoms. The Balaban J connectivity index is 3.16. The third-order valence-corrected chi connectivity index (χ3v) is 1.77. The molecule has 0 amide bonds. The van der Waals surface area contributed by atoms with Crippen LogP contribution in [0, 0.1) is 12.3 Å². The first kappa shape index (κ1) is 7.29.